The average molecular weight is 617 g/mol. The van der Waals surface area contributed by atoms with E-state index in [1.807, 2.05) is 12.1 Å². The zero-order chi connectivity index (χ0) is 29.9. The summed E-state index contributed by atoms with van der Waals surface area (Å²) in [7, 11) is 2.07. The van der Waals surface area contributed by atoms with Crippen LogP contribution >= 0.6 is 23.4 Å². The number of halogens is 2. The number of nitrogens with zero attached hydrogens (tertiary/aromatic N) is 2. The predicted octanol–water partition coefficient (Wildman–Crippen LogP) is 8.39. The number of rotatable bonds is 9. The molecular formula is C36H38ClFN2O2S. The Labute approximate surface area is 263 Å². The minimum atomic E-state index is -0.272. The van der Waals surface area contributed by atoms with Gasteiger partial charge in [-0.05, 0) is 107 Å². The van der Waals surface area contributed by atoms with E-state index in [0.717, 1.165) is 72.8 Å². The number of benzene rings is 3. The molecule has 2 heterocycles. The Morgan fingerprint density at radius 2 is 1.84 bits per heavy atom. The minimum Gasteiger partial charge on any atom is -0.489 e. The normalized spacial score (nSPS) is 19.1. The molecule has 1 atom stereocenters. The van der Waals surface area contributed by atoms with Gasteiger partial charge in [-0.15, -0.1) is 0 Å². The first kappa shape index (κ1) is 30.0. The van der Waals surface area contributed by atoms with E-state index in [2.05, 4.69) is 77.4 Å². The topological polar surface area (TPSA) is 35.9 Å². The molecule has 2 aliphatic heterocycles. The molecule has 1 unspecified atom stereocenters. The second-order valence-electron chi connectivity index (χ2n) is 11.5. The number of ether oxygens (including phenoxy) is 1. The lowest BCUT2D eigenvalue weighted by Gasteiger charge is -2.21. The average Bonchev–Trinajstić information content (AvgIpc) is 3.55. The fourth-order valence-electron chi connectivity index (χ4n) is 6.48. The molecule has 3 aliphatic rings. The Kier molecular flexibility index (Phi) is 9.29. The van der Waals surface area contributed by atoms with Gasteiger partial charge in [-0.2, -0.15) is 0 Å². The van der Waals surface area contributed by atoms with Crippen LogP contribution in [-0.4, -0.2) is 54.4 Å². The molecule has 0 aromatic heterocycles. The highest BCUT2D eigenvalue weighted by atomic mass is 35.5. The number of aryl methyl sites for hydroxylation is 1. The van der Waals surface area contributed by atoms with E-state index in [9.17, 15) is 9.50 Å². The van der Waals surface area contributed by atoms with E-state index in [1.54, 1.807) is 11.8 Å². The van der Waals surface area contributed by atoms with E-state index in [1.165, 1.54) is 33.5 Å². The fourth-order valence-corrected chi connectivity index (χ4v) is 7.48. The van der Waals surface area contributed by atoms with Crippen molar-refractivity contribution in [2.24, 2.45) is 0 Å². The molecule has 7 heteroatoms. The molecule has 43 heavy (non-hydrogen) atoms. The van der Waals surface area contributed by atoms with Crippen molar-refractivity contribution in [3.8, 4) is 5.75 Å². The van der Waals surface area contributed by atoms with Crippen LogP contribution in [0, 0.1) is 0 Å². The van der Waals surface area contributed by atoms with Gasteiger partial charge in [0.2, 0.25) is 0 Å². The van der Waals surface area contributed by atoms with Crippen molar-refractivity contribution in [3.63, 3.8) is 0 Å². The van der Waals surface area contributed by atoms with Crippen LogP contribution in [-0.2, 0) is 13.0 Å². The molecule has 1 aliphatic carbocycles. The molecule has 0 bridgehead atoms. The maximum absolute atomic E-state index is 12.6. The fraction of sp³-hybridized carbons (Fsp3) is 0.333. The molecule has 1 fully saturated rings. The van der Waals surface area contributed by atoms with E-state index >= 15 is 0 Å². The minimum absolute atomic E-state index is 0.0724. The van der Waals surface area contributed by atoms with Gasteiger partial charge in [0.05, 0.1) is 24.0 Å². The van der Waals surface area contributed by atoms with Crippen LogP contribution < -0.4 is 4.74 Å². The molecule has 0 saturated carbocycles. The van der Waals surface area contributed by atoms with Gasteiger partial charge in [-0.3, -0.25) is 9.29 Å². The first-order valence-electron chi connectivity index (χ1n) is 15.1. The Balaban J connectivity index is 1.38. The van der Waals surface area contributed by atoms with Crippen molar-refractivity contribution in [1.29, 1.82) is 0 Å². The number of allylic oxidation sites excluding steroid dienone is 1. The molecule has 1 saturated heterocycles. The summed E-state index contributed by atoms with van der Waals surface area (Å²) in [5.74, 6) is 0.851. The quantitative estimate of drug-likeness (QED) is 0.261. The number of alkyl halides is 1. The van der Waals surface area contributed by atoms with Crippen molar-refractivity contribution in [3.05, 3.63) is 116 Å². The molecule has 0 amide bonds. The summed E-state index contributed by atoms with van der Waals surface area (Å²) in [5, 5.41) is 14.1. The van der Waals surface area contributed by atoms with Crippen molar-refractivity contribution in [2.75, 3.05) is 33.4 Å². The Morgan fingerprint density at radius 3 is 2.58 bits per heavy atom. The lowest BCUT2D eigenvalue weighted by atomic mass is 9.86. The van der Waals surface area contributed by atoms with Crippen LogP contribution in [0.3, 0.4) is 0 Å². The van der Waals surface area contributed by atoms with E-state index in [-0.39, 0.29) is 19.4 Å². The van der Waals surface area contributed by atoms with Crippen molar-refractivity contribution < 1.29 is 14.2 Å². The number of hydrogen-bond acceptors (Lipinski definition) is 5. The van der Waals surface area contributed by atoms with Crippen LogP contribution in [0.4, 0.5) is 4.39 Å². The van der Waals surface area contributed by atoms with E-state index in [0.29, 0.717) is 11.4 Å². The smallest absolute Gasteiger partial charge is 0.119 e. The first-order chi connectivity index (χ1) is 20.9. The monoisotopic (exact) mass is 616 g/mol. The summed E-state index contributed by atoms with van der Waals surface area (Å²) in [6.07, 6.45) is 4.51. The maximum atomic E-state index is 12.6. The number of likely N-dealkylation sites (tertiary alicyclic amines) is 1. The number of aliphatic hydroxyl groups excluding tert-OH is 1. The summed E-state index contributed by atoms with van der Waals surface area (Å²) in [6.45, 7) is 6.39. The molecule has 4 nitrogen and oxygen atoms in total. The zero-order valence-electron chi connectivity index (χ0n) is 24.6. The Bertz CT molecular complexity index is 1570. The predicted molar refractivity (Wildman–Crippen MR) is 178 cm³/mol. The Morgan fingerprint density at radius 1 is 1.05 bits per heavy atom. The van der Waals surface area contributed by atoms with Crippen molar-refractivity contribution in [1.82, 2.24) is 9.80 Å². The van der Waals surface area contributed by atoms with Gasteiger partial charge in [0, 0.05) is 37.1 Å². The van der Waals surface area contributed by atoms with Crippen LogP contribution in [0.25, 0.3) is 16.8 Å². The van der Waals surface area contributed by atoms with Crippen LogP contribution in [0.1, 0.15) is 59.1 Å². The Hall–Kier alpha value is -3.03. The molecule has 0 radical (unpaired) electrons. The molecule has 1 N–H and O–H groups in total. The zero-order valence-corrected chi connectivity index (χ0v) is 26.2. The summed E-state index contributed by atoms with van der Waals surface area (Å²) in [5.41, 5.74) is 10.3. The van der Waals surface area contributed by atoms with Crippen LogP contribution in [0.5, 0.6) is 5.75 Å². The lowest BCUT2D eigenvalue weighted by Crippen LogP contribution is -2.26. The lowest BCUT2D eigenvalue weighted by molar-refractivity contribution is 0.198. The number of fused-ring (bicyclic) bond motifs is 1. The van der Waals surface area contributed by atoms with Crippen LogP contribution in [0.2, 0.25) is 5.02 Å². The second kappa shape index (κ2) is 13.3. The highest BCUT2D eigenvalue weighted by Crippen LogP contribution is 2.44. The first-order valence-corrected chi connectivity index (χ1v) is 16.3. The third-order valence-corrected chi connectivity index (χ3v) is 9.85. The number of hydrogen-bond donors (Lipinski definition) is 1. The number of thioether (sulfide) groups is 1. The third-order valence-electron chi connectivity index (χ3n) is 8.73. The van der Waals surface area contributed by atoms with Gasteiger partial charge in [0.15, 0.2) is 0 Å². The summed E-state index contributed by atoms with van der Waals surface area (Å²) >= 11 is 8.01. The van der Waals surface area contributed by atoms with E-state index < -0.39 is 0 Å². The maximum Gasteiger partial charge on any atom is 0.119 e. The SMILES string of the molecule is C=C1SC=C(c2ccc3c(c2)CCCC(c2ccc(Cl)cc2CO)=C3c2ccc(OC3CCN(CCCF)C3)cc2)N1C. The molecule has 6 rings (SSSR count). The van der Waals surface area contributed by atoms with Gasteiger partial charge < -0.3 is 14.7 Å². The summed E-state index contributed by atoms with van der Waals surface area (Å²) < 4.78 is 19.0. The van der Waals surface area contributed by atoms with Crippen LogP contribution in [0.15, 0.2) is 77.7 Å². The van der Waals surface area contributed by atoms with Gasteiger partial charge in [-0.25, -0.2) is 0 Å². The largest absolute Gasteiger partial charge is 0.489 e. The molecular weight excluding hydrogens is 579 g/mol. The molecule has 3 aromatic carbocycles. The van der Waals surface area contributed by atoms with E-state index in [4.69, 9.17) is 16.3 Å². The standard InChI is InChI=1S/C36H38ClFN2O2S/c1-24-39(2)35(23-43-24)27-9-13-33-26(19-27)5-3-6-34(32-14-10-29(37)20-28(32)22-41)36(33)25-7-11-30(12-8-25)42-31-15-18-40(21-31)17-4-16-38/h7-14,19-20,23,31,41H,1,3-6,15-18,21-22H2,2H3. The number of aliphatic hydroxyl groups is 1. The van der Waals surface area contributed by atoms with Gasteiger partial charge in [0.25, 0.3) is 0 Å². The third kappa shape index (κ3) is 6.44. The van der Waals surface area contributed by atoms with Gasteiger partial charge >= 0.3 is 0 Å². The second-order valence-corrected chi connectivity index (χ2v) is 12.9. The molecule has 0 spiro atoms. The highest BCUT2D eigenvalue weighted by molar-refractivity contribution is 8.06. The van der Waals surface area contributed by atoms with Gasteiger partial charge in [-0.1, -0.05) is 60.3 Å². The molecule has 3 aromatic rings. The molecule has 224 valence electrons. The van der Waals surface area contributed by atoms with Crippen molar-refractivity contribution >= 4 is 40.2 Å². The summed E-state index contributed by atoms with van der Waals surface area (Å²) in [6, 6.07) is 21.1. The highest BCUT2D eigenvalue weighted by Gasteiger charge is 2.26. The van der Waals surface area contributed by atoms with Crippen molar-refractivity contribution in [2.45, 2.75) is 44.8 Å². The van der Waals surface area contributed by atoms with Gasteiger partial charge in [0.1, 0.15) is 11.9 Å². The summed E-state index contributed by atoms with van der Waals surface area (Å²) in [4.78, 5) is 4.43.